The van der Waals surface area contributed by atoms with Crippen LogP contribution in [-0.2, 0) is 9.59 Å². The first-order valence-corrected chi connectivity index (χ1v) is 5.92. The fraction of sp³-hybridized carbons (Fsp3) is 0.833. The first kappa shape index (κ1) is 14.0. The Morgan fingerprint density at radius 3 is 2.41 bits per heavy atom. The van der Waals surface area contributed by atoms with Gasteiger partial charge in [0.2, 0.25) is 11.8 Å². The molecule has 0 aliphatic carbocycles. The molecule has 2 atom stereocenters. The smallest absolute Gasteiger partial charge is 0.223 e. The molecule has 2 amide bonds. The van der Waals surface area contributed by atoms with Crippen molar-refractivity contribution in [2.45, 2.75) is 46.3 Å². The lowest BCUT2D eigenvalue weighted by atomic mass is 9.92. The van der Waals surface area contributed by atoms with E-state index in [-0.39, 0.29) is 23.3 Å². The Hall–Kier alpha value is -1.10. The van der Waals surface area contributed by atoms with Crippen molar-refractivity contribution in [1.82, 2.24) is 10.2 Å². The maximum Gasteiger partial charge on any atom is 0.223 e. The van der Waals surface area contributed by atoms with Gasteiger partial charge in [0.1, 0.15) is 0 Å². The summed E-state index contributed by atoms with van der Waals surface area (Å²) in [6, 6.07) is -0.337. The molecule has 2 N–H and O–H groups in total. The van der Waals surface area contributed by atoms with Crippen LogP contribution >= 0.6 is 0 Å². The molecule has 5 heteroatoms. The zero-order valence-corrected chi connectivity index (χ0v) is 11.0. The predicted molar refractivity (Wildman–Crippen MR) is 64.3 cm³/mol. The second kappa shape index (κ2) is 5.04. The number of rotatable bonds is 2. The number of carbonyl (C=O) groups is 2. The van der Waals surface area contributed by atoms with Crippen LogP contribution in [0.1, 0.15) is 34.1 Å². The summed E-state index contributed by atoms with van der Waals surface area (Å²) in [5, 5.41) is 12.4. The molecule has 0 bridgehead atoms. The van der Waals surface area contributed by atoms with E-state index >= 15 is 0 Å². The van der Waals surface area contributed by atoms with Gasteiger partial charge in [-0.2, -0.15) is 0 Å². The van der Waals surface area contributed by atoms with Gasteiger partial charge in [0, 0.05) is 26.4 Å². The molecule has 1 aliphatic heterocycles. The Morgan fingerprint density at radius 2 is 1.94 bits per heavy atom. The number of hydrogen-bond acceptors (Lipinski definition) is 3. The molecule has 5 nitrogen and oxygen atoms in total. The highest BCUT2D eigenvalue weighted by Gasteiger charge is 2.35. The number of likely N-dealkylation sites (tertiary alicyclic amines) is 1. The molecule has 1 heterocycles. The third kappa shape index (κ3) is 4.34. The van der Waals surface area contributed by atoms with Crippen molar-refractivity contribution < 1.29 is 14.7 Å². The highest BCUT2D eigenvalue weighted by Crippen LogP contribution is 2.21. The largest absolute Gasteiger partial charge is 0.389 e. The van der Waals surface area contributed by atoms with Gasteiger partial charge >= 0.3 is 0 Å². The van der Waals surface area contributed by atoms with Crippen molar-refractivity contribution in [3.63, 3.8) is 0 Å². The van der Waals surface area contributed by atoms with E-state index in [2.05, 4.69) is 5.32 Å². The molecule has 17 heavy (non-hydrogen) atoms. The Balaban J connectivity index is 2.53. The summed E-state index contributed by atoms with van der Waals surface area (Å²) in [5.41, 5.74) is -0.0614. The molecular weight excluding hydrogens is 220 g/mol. The Labute approximate surface area is 102 Å². The highest BCUT2D eigenvalue weighted by molar-refractivity contribution is 5.78. The average molecular weight is 242 g/mol. The monoisotopic (exact) mass is 242 g/mol. The average Bonchev–Trinajstić information content (AvgIpc) is 2.44. The molecule has 0 aromatic heterocycles. The highest BCUT2D eigenvalue weighted by atomic mass is 16.3. The summed E-state index contributed by atoms with van der Waals surface area (Å²) in [7, 11) is 0. The fourth-order valence-electron chi connectivity index (χ4n) is 1.96. The first-order chi connectivity index (χ1) is 7.69. The third-order valence-electron chi connectivity index (χ3n) is 2.71. The summed E-state index contributed by atoms with van der Waals surface area (Å²) < 4.78 is 0. The molecule has 0 radical (unpaired) electrons. The topological polar surface area (TPSA) is 69.6 Å². The minimum atomic E-state index is -0.664. The van der Waals surface area contributed by atoms with Gasteiger partial charge in [-0.1, -0.05) is 20.8 Å². The van der Waals surface area contributed by atoms with Crippen molar-refractivity contribution in [3.8, 4) is 0 Å². The maximum absolute atomic E-state index is 11.9. The van der Waals surface area contributed by atoms with E-state index in [9.17, 15) is 14.7 Å². The SMILES string of the molecule is CC(=O)N[C@@H]1CN(C(=O)CC(C)(C)C)C[C@H]1O. The summed E-state index contributed by atoms with van der Waals surface area (Å²) in [5.74, 6) is -0.149. The van der Waals surface area contributed by atoms with E-state index in [1.165, 1.54) is 6.92 Å². The second-order valence-electron chi connectivity index (χ2n) is 5.91. The number of carbonyl (C=O) groups excluding carboxylic acids is 2. The minimum absolute atomic E-state index is 0.0319. The zero-order chi connectivity index (χ0) is 13.2. The standard InChI is InChI=1S/C12H22N2O3/c1-8(15)13-9-6-14(7-10(9)16)11(17)5-12(2,3)4/h9-10,16H,5-7H2,1-4H3,(H,13,15)/t9-,10-/m1/s1. The third-order valence-corrected chi connectivity index (χ3v) is 2.71. The van der Waals surface area contributed by atoms with Gasteiger partial charge in [0.15, 0.2) is 0 Å². The quantitative estimate of drug-likeness (QED) is 0.723. The molecule has 1 aliphatic rings. The molecule has 1 saturated heterocycles. The van der Waals surface area contributed by atoms with Crippen molar-refractivity contribution >= 4 is 11.8 Å². The zero-order valence-electron chi connectivity index (χ0n) is 11.0. The van der Waals surface area contributed by atoms with Crippen LogP contribution in [0.3, 0.4) is 0 Å². The number of amides is 2. The van der Waals surface area contributed by atoms with Crippen LogP contribution in [0.15, 0.2) is 0 Å². The number of aliphatic hydroxyl groups excluding tert-OH is 1. The number of β-amino-alcohol motifs (C(OH)–C–C–N with tert-alkyl or cyclic N) is 1. The Bertz CT molecular complexity index is 309. The molecule has 0 spiro atoms. The molecule has 98 valence electrons. The normalized spacial score (nSPS) is 24.9. The molecule has 0 unspecified atom stereocenters. The van der Waals surface area contributed by atoms with E-state index in [0.717, 1.165) is 0 Å². The lowest BCUT2D eigenvalue weighted by molar-refractivity contribution is -0.132. The summed E-state index contributed by atoms with van der Waals surface area (Å²) in [4.78, 5) is 24.5. The van der Waals surface area contributed by atoms with Crippen LogP contribution in [0.5, 0.6) is 0 Å². The van der Waals surface area contributed by atoms with E-state index in [1.807, 2.05) is 20.8 Å². The van der Waals surface area contributed by atoms with Crippen molar-refractivity contribution in [3.05, 3.63) is 0 Å². The number of nitrogens with zero attached hydrogens (tertiary/aromatic N) is 1. The van der Waals surface area contributed by atoms with Crippen molar-refractivity contribution in [2.24, 2.45) is 5.41 Å². The van der Waals surface area contributed by atoms with Crippen LogP contribution in [-0.4, -0.2) is 47.1 Å². The summed E-state index contributed by atoms with van der Waals surface area (Å²) in [6.07, 6.45) is -0.213. The van der Waals surface area contributed by atoms with Crippen LogP contribution in [0.25, 0.3) is 0 Å². The maximum atomic E-state index is 11.9. The first-order valence-electron chi connectivity index (χ1n) is 5.92. The van der Waals surface area contributed by atoms with Crippen molar-refractivity contribution in [2.75, 3.05) is 13.1 Å². The summed E-state index contributed by atoms with van der Waals surface area (Å²) >= 11 is 0. The Kier molecular flexibility index (Phi) is 4.14. The van der Waals surface area contributed by atoms with E-state index in [1.54, 1.807) is 4.90 Å². The number of hydrogen-bond donors (Lipinski definition) is 2. The molecule has 1 fully saturated rings. The molecule has 0 aromatic carbocycles. The molecule has 0 saturated carbocycles. The van der Waals surface area contributed by atoms with E-state index < -0.39 is 6.10 Å². The van der Waals surface area contributed by atoms with Gasteiger partial charge < -0.3 is 15.3 Å². The van der Waals surface area contributed by atoms with Crippen molar-refractivity contribution in [1.29, 1.82) is 0 Å². The van der Waals surface area contributed by atoms with Crippen LogP contribution < -0.4 is 5.32 Å². The molecular formula is C12H22N2O3. The fourth-order valence-corrected chi connectivity index (χ4v) is 1.96. The summed E-state index contributed by atoms with van der Waals surface area (Å²) in [6.45, 7) is 8.12. The van der Waals surface area contributed by atoms with Crippen LogP contribution in [0.2, 0.25) is 0 Å². The minimum Gasteiger partial charge on any atom is -0.389 e. The van der Waals surface area contributed by atoms with Crippen LogP contribution in [0, 0.1) is 5.41 Å². The van der Waals surface area contributed by atoms with Gasteiger partial charge in [-0.05, 0) is 5.41 Å². The van der Waals surface area contributed by atoms with Gasteiger partial charge in [-0.15, -0.1) is 0 Å². The lowest BCUT2D eigenvalue weighted by Gasteiger charge is -2.22. The van der Waals surface area contributed by atoms with Gasteiger partial charge in [-0.25, -0.2) is 0 Å². The number of nitrogens with one attached hydrogen (secondary N) is 1. The van der Waals surface area contributed by atoms with Gasteiger partial charge in [-0.3, -0.25) is 9.59 Å². The Morgan fingerprint density at radius 1 is 1.35 bits per heavy atom. The second-order valence-corrected chi connectivity index (χ2v) is 5.91. The van der Waals surface area contributed by atoms with Crippen LogP contribution in [0.4, 0.5) is 0 Å². The van der Waals surface area contributed by atoms with Gasteiger partial charge in [0.25, 0.3) is 0 Å². The molecule has 0 aromatic rings. The van der Waals surface area contributed by atoms with E-state index in [4.69, 9.17) is 0 Å². The predicted octanol–water partition coefficient (Wildman–Crippen LogP) is 0.130. The molecule has 1 rings (SSSR count). The number of aliphatic hydroxyl groups is 1. The lowest BCUT2D eigenvalue weighted by Crippen LogP contribution is -2.42. The van der Waals surface area contributed by atoms with Gasteiger partial charge in [0.05, 0.1) is 12.1 Å². The van der Waals surface area contributed by atoms with E-state index in [0.29, 0.717) is 19.5 Å².